The summed E-state index contributed by atoms with van der Waals surface area (Å²) >= 11 is 0. The lowest BCUT2D eigenvalue weighted by molar-refractivity contribution is 0.660. The van der Waals surface area contributed by atoms with Crippen molar-refractivity contribution in [3.05, 3.63) is 127 Å². The summed E-state index contributed by atoms with van der Waals surface area (Å²) < 4.78 is 0. The topological polar surface area (TPSA) is 12.9 Å². The lowest BCUT2D eigenvalue weighted by Gasteiger charge is -2.22. The summed E-state index contributed by atoms with van der Waals surface area (Å²) in [5, 5.41) is 3.70. The first-order chi connectivity index (χ1) is 17.2. The molecule has 1 aliphatic carbocycles. The van der Waals surface area contributed by atoms with E-state index in [-0.39, 0.29) is 5.41 Å². The zero-order valence-electron chi connectivity index (χ0n) is 19.9. The van der Waals surface area contributed by atoms with Crippen molar-refractivity contribution in [2.45, 2.75) is 19.3 Å². The fraction of sp³-hybridized carbons (Fsp3) is 0.0882. The molecular weight excluding hydrogens is 422 g/mol. The summed E-state index contributed by atoms with van der Waals surface area (Å²) in [4.78, 5) is 4.96. The monoisotopic (exact) mass is 447 g/mol. The van der Waals surface area contributed by atoms with Gasteiger partial charge in [-0.25, -0.2) is 0 Å². The van der Waals surface area contributed by atoms with E-state index >= 15 is 0 Å². The largest absolute Gasteiger partial charge is 0.256 e. The van der Waals surface area contributed by atoms with Crippen LogP contribution in [0.2, 0.25) is 0 Å². The molecule has 0 aliphatic heterocycles. The minimum absolute atomic E-state index is 0.0320. The third-order valence-electron chi connectivity index (χ3n) is 7.72. The van der Waals surface area contributed by atoms with Crippen molar-refractivity contribution in [1.29, 1.82) is 0 Å². The van der Waals surface area contributed by atoms with Gasteiger partial charge < -0.3 is 0 Å². The van der Waals surface area contributed by atoms with Crippen LogP contribution in [0, 0.1) is 0 Å². The molecule has 0 spiro atoms. The Morgan fingerprint density at radius 1 is 0.486 bits per heavy atom. The van der Waals surface area contributed by atoms with Gasteiger partial charge in [-0.2, -0.15) is 0 Å². The van der Waals surface area contributed by atoms with Crippen LogP contribution >= 0.6 is 0 Å². The van der Waals surface area contributed by atoms with Gasteiger partial charge in [0.2, 0.25) is 0 Å². The molecule has 0 saturated heterocycles. The molecule has 35 heavy (non-hydrogen) atoms. The van der Waals surface area contributed by atoms with E-state index in [1.165, 1.54) is 60.7 Å². The number of hydrogen-bond acceptors (Lipinski definition) is 1. The zero-order chi connectivity index (χ0) is 23.6. The van der Waals surface area contributed by atoms with Crippen LogP contribution in [-0.4, -0.2) is 4.98 Å². The maximum Gasteiger partial charge on any atom is 0.0792 e. The molecule has 0 saturated carbocycles. The Bertz CT molecular complexity index is 1700. The second-order valence-corrected chi connectivity index (χ2v) is 9.96. The van der Waals surface area contributed by atoms with Crippen molar-refractivity contribution < 1.29 is 0 Å². The molecule has 1 aromatic heterocycles. The van der Waals surface area contributed by atoms with Crippen LogP contribution in [0.5, 0.6) is 0 Å². The van der Waals surface area contributed by atoms with Crippen molar-refractivity contribution in [2.24, 2.45) is 0 Å². The molecule has 1 nitrogen and oxygen atoms in total. The molecule has 1 heteroatoms. The maximum atomic E-state index is 4.96. The second-order valence-electron chi connectivity index (χ2n) is 9.96. The van der Waals surface area contributed by atoms with Gasteiger partial charge in [-0.1, -0.05) is 117 Å². The van der Waals surface area contributed by atoms with Crippen molar-refractivity contribution in [2.75, 3.05) is 0 Å². The molecule has 1 heterocycles. The first-order valence-electron chi connectivity index (χ1n) is 12.2. The zero-order valence-corrected chi connectivity index (χ0v) is 19.9. The second kappa shape index (κ2) is 7.38. The first-order valence-corrected chi connectivity index (χ1v) is 12.2. The minimum atomic E-state index is -0.0320. The van der Waals surface area contributed by atoms with Crippen molar-refractivity contribution >= 4 is 21.7 Å². The maximum absolute atomic E-state index is 4.96. The average Bonchev–Trinajstić information content (AvgIpc) is 3.15. The number of benzene rings is 5. The minimum Gasteiger partial charge on any atom is -0.256 e. The molecule has 7 rings (SSSR count). The Labute approximate surface area is 205 Å². The number of hydrogen-bond donors (Lipinski definition) is 0. The summed E-state index contributed by atoms with van der Waals surface area (Å²) in [5.74, 6) is 0. The Morgan fingerprint density at radius 3 is 1.94 bits per heavy atom. The average molecular weight is 448 g/mol. The lowest BCUT2D eigenvalue weighted by atomic mass is 9.81. The van der Waals surface area contributed by atoms with E-state index in [0.717, 1.165) is 5.52 Å². The van der Waals surface area contributed by atoms with Crippen LogP contribution < -0.4 is 0 Å². The van der Waals surface area contributed by atoms with E-state index in [2.05, 4.69) is 123 Å². The third-order valence-corrected chi connectivity index (χ3v) is 7.72. The van der Waals surface area contributed by atoms with Gasteiger partial charge >= 0.3 is 0 Å². The molecule has 0 unspecified atom stereocenters. The summed E-state index contributed by atoms with van der Waals surface area (Å²) in [5.41, 5.74) is 11.5. The predicted molar refractivity (Wildman–Crippen MR) is 148 cm³/mol. The molecule has 5 aromatic carbocycles. The van der Waals surface area contributed by atoms with Gasteiger partial charge in [-0.15, -0.1) is 0 Å². The van der Waals surface area contributed by atoms with E-state index in [9.17, 15) is 0 Å². The molecule has 0 fully saturated rings. The smallest absolute Gasteiger partial charge is 0.0792 e. The summed E-state index contributed by atoms with van der Waals surface area (Å²) in [7, 11) is 0. The SMILES string of the molecule is CC1(C)c2ccccc2-c2c(-c3c4ccccc4c(-c4ccccc4)c4ncccc34)cccc21. The van der Waals surface area contributed by atoms with Crippen molar-refractivity contribution in [3.63, 3.8) is 0 Å². The molecule has 166 valence electrons. The predicted octanol–water partition coefficient (Wildman–Crippen LogP) is 9.03. The normalized spacial score (nSPS) is 13.7. The van der Waals surface area contributed by atoms with E-state index in [1.807, 2.05) is 6.20 Å². The van der Waals surface area contributed by atoms with Gasteiger partial charge in [-0.3, -0.25) is 4.98 Å². The number of pyridine rings is 1. The van der Waals surface area contributed by atoms with Crippen LogP contribution in [0.25, 0.3) is 55.1 Å². The van der Waals surface area contributed by atoms with Gasteiger partial charge in [-0.05, 0) is 55.8 Å². The van der Waals surface area contributed by atoms with Gasteiger partial charge in [0.1, 0.15) is 0 Å². The van der Waals surface area contributed by atoms with Gasteiger partial charge in [0.25, 0.3) is 0 Å². The number of aromatic nitrogens is 1. The Morgan fingerprint density at radius 2 is 1.11 bits per heavy atom. The highest BCUT2D eigenvalue weighted by molar-refractivity contribution is 6.21. The highest BCUT2D eigenvalue weighted by atomic mass is 14.7. The van der Waals surface area contributed by atoms with E-state index in [4.69, 9.17) is 4.98 Å². The molecule has 0 N–H and O–H groups in total. The van der Waals surface area contributed by atoms with Crippen molar-refractivity contribution in [1.82, 2.24) is 4.98 Å². The van der Waals surface area contributed by atoms with Gasteiger partial charge in [0, 0.05) is 22.6 Å². The van der Waals surface area contributed by atoms with Gasteiger partial charge in [0.15, 0.2) is 0 Å². The Kier molecular flexibility index (Phi) is 4.25. The molecule has 1 aliphatic rings. The number of fused-ring (bicyclic) bond motifs is 5. The number of rotatable bonds is 2. The molecular formula is C34H25N. The molecule has 0 amide bonds. The Hall–Kier alpha value is -4.23. The Balaban J connectivity index is 1.67. The highest BCUT2D eigenvalue weighted by Gasteiger charge is 2.37. The lowest BCUT2D eigenvalue weighted by Crippen LogP contribution is -2.14. The molecule has 0 atom stereocenters. The summed E-state index contributed by atoms with van der Waals surface area (Å²) in [6.45, 7) is 4.69. The van der Waals surface area contributed by atoms with Crippen LogP contribution in [0.1, 0.15) is 25.0 Å². The quantitative estimate of drug-likeness (QED) is 0.241. The fourth-order valence-electron chi connectivity index (χ4n) is 6.15. The van der Waals surface area contributed by atoms with E-state index < -0.39 is 0 Å². The number of nitrogens with zero attached hydrogens (tertiary/aromatic N) is 1. The van der Waals surface area contributed by atoms with Crippen LogP contribution in [-0.2, 0) is 5.41 Å². The third kappa shape index (κ3) is 2.79. The summed E-state index contributed by atoms with van der Waals surface area (Å²) in [6, 6.07) is 39.5. The molecule has 0 bridgehead atoms. The van der Waals surface area contributed by atoms with Crippen molar-refractivity contribution in [3.8, 4) is 33.4 Å². The summed E-state index contributed by atoms with van der Waals surface area (Å²) in [6.07, 6.45) is 1.92. The van der Waals surface area contributed by atoms with Gasteiger partial charge in [0.05, 0.1) is 5.52 Å². The molecule has 6 aromatic rings. The first kappa shape index (κ1) is 20.2. The standard InChI is InChI=1S/C34H25N/c1-34(2)28-19-9-8-16-25(28)32-26(17-10-20-29(32)34)31-24-15-7-6-14-23(24)30(22-12-4-3-5-13-22)33-27(31)18-11-21-35-33/h3-21H,1-2H3. The van der Waals surface area contributed by atoms with Crippen LogP contribution in [0.3, 0.4) is 0 Å². The van der Waals surface area contributed by atoms with Crippen LogP contribution in [0.4, 0.5) is 0 Å². The van der Waals surface area contributed by atoms with E-state index in [0.29, 0.717) is 0 Å². The highest BCUT2D eigenvalue weighted by Crippen LogP contribution is 2.54. The van der Waals surface area contributed by atoms with Crippen LogP contribution in [0.15, 0.2) is 115 Å². The molecule has 0 radical (unpaired) electrons. The van der Waals surface area contributed by atoms with E-state index in [1.54, 1.807) is 0 Å². The fourth-order valence-corrected chi connectivity index (χ4v) is 6.15.